The molecule has 6 rings (SSSR count). The molecule has 1 saturated carbocycles. The summed E-state index contributed by atoms with van der Waals surface area (Å²) in [6, 6.07) is 17.7. The third kappa shape index (κ3) is 4.96. The molecule has 0 radical (unpaired) electrons. The van der Waals surface area contributed by atoms with Crippen molar-refractivity contribution in [1.82, 2.24) is 20.4 Å². The number of para-hydroxylation sites is 1. The fraction of sp³-hybridized carbons (Fsp3) is 0.448. The number of phenolic OH excluding ortho intramolecular Hbond substituents is 1. The van der Waals surface area contributed by atoms with Gasteiger partial charge in [-0.15, -0.1) is 10.2 Å². The molecule has 38 heavy (non-hydrogen) atoms. The summed E-state index contributed by atoms with van der Waals surface area (Å²) in [5, 5.41) is 22.3. The Labute approximate surface area is 224 Å². The molecule has 200 valence electrons. The number of nitrogens with two attached hydrogens (primary N) is 1. The Morgan fingerprint density at radius 2 is 1.82 bits per heavy atom. The first-order valence-corrected chi connectivity index (χ1v) is 13.7. The molecule has 2 saturated heterocycles. The van der Waals surface area contributed by atoms with E-state index in [0.29, 0.717) is 23.7 Å². The lowest BCUT2D eigenvalue weighted by molar-refractivity contribution is 0.191. The van der Waals surface area contributed by atoms with Gasteiger partial charge in [0.05, 0.1) is 16.9 Å². The van der Waals surface area contributed by atoms with E-state index in [0.717, 1.165) is 76.6 Å². The Morgan fingerprint density at radius 3 is 2.61 bits per heavy atom. The van der Waals surface area contributed by atoms with E-state index in [1.54, 1.807) is 12.1 Å². The number of aromatic nitrogens is 2. The average molecular weight is 516 g/mol. The van der Waals surface area contributed by atoms with Crippen LogP contribution in [-0.2, 0) is 0 Å². The zero-order valence-corrected chi connectivity index (χ0v) is 21.9. The Bertz CT molecular complexity index is 1260. The van der Waals surface area contributed by atoms with Crippen LogP contribution in [0.15, 0.2) is 54.6 Å². The van der Waals surface area contributed by atoms with Gasteiger partial charge in [0.2, 0.25) is 0 Å². The van der Waals surface area contributed by atoms with Crippen molar-refractivity contribution in [2.45, 2.75) is 24.8 Å². The number of anilines is 3. The molecule has 0 bridgehead atoms. The zero-order chi connectivity index (χ0) is 26.0. The smallest absolute Gasteiger partial charge is 0.169 e. The highest BCUT2D eigenvalue weighted by Gasteiger charge is 2.47. The number of nitrogens with zero attached hydrogens (tertiary/aromatic N) is 5. The van der Waals surface area contributed by atoms with E-state index >= 15 is 0 Å². The van der Waals surface area contributed by atoms with Crippen LogP contribution in [0.3, 0.4) is 0 Å². The molecule has 2 aliphatic heterocycles. The summed E-state index contributed by atoms with van der Waals surface area (Å²) in [4.78, 5) is 7.37. The lowest BCUT2D eigenvalue weighted by Crippen LogP contribution is -2.66. The van der Waals surface area contributed by atoms with Gasteiger partial charge in [0.1, 0.15) is 18.1 Å². The van der Waals surface area contributed by atoms with Crippen LogP contribution in [0, 0.1) is 0 Å². The van der Waals surface area contributed by atoms with Crippen molar-refractivity contribution in [3.63, 3.8) is 0 Å². The van der Waals surface area contributed by atoms with Crippen molar-refractivity contribution in [3.8, 4) is 22.8 Å². The Hall–Kier alpha value is -3.56. The van der Waals surface area contributed by atoms with E-state index in [1.807, 2.05) is 18.2 Å². The third-order valence-electron chi connectivity index (χ3n) is 8.27. The van der Waals surface area contributed by atoms with Crippen LogP contribution in [0.1, 0.15) is 19.3 Å². The highest BCUT2D eigenvalue weighted by atomic mass is 16.5. The molecule has 0 unspecified atom stereocenters. The van der Waals surface area contributed by atoms with Crippen LogP contribution in [0.5, 0.6) is 11.5 Å². The second-order valence-electron chi connectivity index (χ2n) is 10.6. The fourth-order valence-corrected chi connectivity index (χ4v) is 6.03. The van der Waals surface area contributed by atoms with E-state index in [-0.39, 0.29) is 11.3 Å². The summed E-state index contributed by atoms with van der Waals surface area (Å²) in [5.41, 5.74) is 9.79. The van der Waals surface area contributed by atoms with Crippen molar-refractivity contribution in [2.75, 3.05) is 74.5 Å². The molecule has 9 nitrogen and oxygen atoms in total. The minimum atomic E-state index is 0.0580. The zero-order valence-electron chi connectivity index (χ0n) is 21.9. The van der Waals surface area contributed by atoms with E-state index in [4.69, 9.17) is 10.5 Å². The van der Waals surface area contributed by atoms with Crippen molar-refractivity contribution in [2.24, 2.45) is 0 Å². The Kier molecular flexibility index (Phi) is 6.95. The molecule has 4 N–H and O–H groups in total. The standard InChI is InChI=1S/C29H37N7O2/c30-28-26(20-25(32-33-28)24-7-1-2-8-27(24)37)35-15-16-36(29(21-35)9-4-10-29)22-5-3-6-23(19-22)38-18-17-34-13-11-31-12-14-34/h1-3,5-8,19-20,31,37H,4,9-18,21H2,(H2,30,33). The minimum Gasteiger partial charge on any atom is -0.507 e. The number of aromatic hydroxyl groups is 1. The summed E-state index contributed by atoms with van der Waals surface area (Å²) in [7, 11) is 0. The molecule has 1 aromatic heterocycles. The fourth-order valence-electron chi connectivity index (χ4n) is 6.03. The molecular formula is C29H37N7O2. The maximum absolute atomic E-state index is 10.3. The van der Waals surface area contributed by atoms with Crippen LogP contribution in [0.2, 0.25) is 0 Å². The summed E-state index contributed by atoms with van der Waals surface area (Å²) < 4.78 is 6.18. The molecule has 3 aromatic rings. The predicted octanol–water partition coefficient (Wildman–Crippen LogP) is 2.96. The van der Waals surface area contributed by atoms with Gasteiger partial charge in [-0.2, -0.15) is 0 Å². The maximum Gasteiger partial charge on any atom is 0.169 e. The molecule has 9 heteroatoms. The Morgan fingerprint density at radius 1 is 0.974 bits per heavy atom. The number of nitrogens with one attached hydrogen (secondary N) is 1. The first-order chi connectivity index (χ1) is 18.6. The van der Waals surface area contributed by atoms with Crippen LogP contribution < -0.4 is 25.6 Å². The maximum atomic E-state index is 10.3. The second-order valence-corrected chi connectivity index (χ2v) is 10.6. The highest BCUT2D eigenvalue weighted by molar-refractivity contribution is 5.74. The molecule has 2 aromatic carbocycles. The summed E-state index contributed by atoms with van der Waals surface area (Å²) in [5.74, 6) is 1.55. The number of nitrogen functional groups attached to an aromatic ring is 1. The van der Waals surface area contributed by atoms with Crippen LogP contribution in [-0.4, -0.2) is 84.7 Å². The van der Waals surface area contributed by atoms with Gasteiger partial charge in [0, 0.05) is 69.7 Å². The van der Waals surface area contributed by atoms with E-state index in [1.165, 1.54) is 12.1 Å². The highest BCUT2D eigenvalue weighted by Crippen LogP contribution is 2.45. The number of ether oxygens (including phenoxy) is 1. The number of hydrogen-bond acceptors (Lipinski definition) is 9. The quantitative estimate of drug-likeness (QED) is 0.438. The molecule has 1 spiro atoms. The largest absolute Gasteiger partial charge is 0.507 e. The second kappa shape index (κ2) is 10.7. The molecule has 0 atom stereocenters. The number of phenols is 1. The molecular weight excluding hydrogens is 478 g/mol. The van der Waals surface area contributed by atoms with Gasteiger partial charge in [-0.25, -0.2) is 0 Å². The molecule has 3 heterocycles. The first-order valence-electron chi connectivity index (χ1n) is 13.7. The van der Waals surface area contributed by atoms with Gasteiger partial charge in [0.25, 0.3) is 0 Å². The number of rotatable bonds is 7. The van der Waals surface area contributed by atoms with Crippen molar-refractivity contribution in [3.05, 3.63) is 54.6 Å². The van der Waals surface area contributed by atoms with E-state index < -0.39 is 0 Å². The van der Waals surface area contributed by atoms with Crippen LogP contribution in [0.25, 0.3) is 11.3 Å². The van der Waals surface area contributed by atoms with Gasteiger partial charge in [-0.05, 0) is 49.6 Å². The van der Waals surface area contributed by atoms with Gasteiger partial charge in [0.15, 0.2) is 5.82 Å². The van der Waals surface area contributed by atoms with E-state index in [2.05, 4.69) is 54.5 Å². The van der Waals surface area contributed by atoms with Gasteiger partial charge in [-0.1, -0.05) is 18.2 Å². The van der Waals surface area contributed by atoms with Crippen LogP contribution >= 0.6 is 0 Å². The number of benzene rings is 2. The SMILES string of the molecule is Nc1nnc(-c2ccccc2O)cc1N1CCN(c2cccc(OCCN3CCNCC3)c2)C2(CCC2)C1. The van der Waals surface area contributed by atoms with Gasteiger partial charge >= 0.3 is 0 Å². The number of piperazine rings is 2. The predicted molar refractivity (Wildman–Crippen MR) is 151 cm³/mol. The molecule has 1 aliphatic carbocycles. The van der Waals surface area contributed by atoms with Crippen LogP contribution in [0.4, 0.5) is 17.2 Å². The first kappa shape index (κ1) is 24.8. The van der Waals surface area contributed by atoms with E-state index in [9.17, 15) is 5.11 Å². The summed E-state index contributed by atoms with van der Waals surface area (Å²) >= 11 is 0. The summed E-state index contributed by atoms with van der Waals surface area (Å²) in [6.45, 7) is 8.53. The number of hydrogen-bond donors (Lipinski definition) is 3. The molecule has 0 amide bonds. The molecule has 3 fully saturated rings. The third-order valence-corrected chi connectivity index (χ3v) is 8.27. The van der Waals surface area contributed by atoms with Crippen molar-refractivity contribution in [1.29, 1.82) is 0 Å². The Balaban J connectivity index is 1.17. The van der Waals surface area contributed by atoms with Crippen molar-refractivity contribution >= 4 is 17.2 Å². The lowest BCUT2D eigenvalue weighted by atomic mass is 9.73. The van der Waals surface area contributed by atoms with Crippen molar-refractivity contribution < 1.29 is 9.84 Å². The topological polar surface area (TPSA) is 103 Å². The lowest BCUT2D eigenvalue weighted by Gasteiger charge is -2.57. The summed E-state index contributed by atoms with van der Waals surface area (Å²) in [6.07, 6.45) is 3.50. The monoisotopic (exact) mass is 515 g/mol. The minimum absolute atomic E-state index is 0.0580. The van der Waals surface area contributed by atoms with Gasteiger partial charge < -0.3 is 30.7 Å². The van der Waals surface area contributed by atoms with Gasteiger partial charge in [-0.3, -0.25) is 4.90 Å². The normalized spacial score (nSPS) is 19.4. The molecule has 3 aliphatic rings. The average Bonchev–Trinajstić information content (AvgIpc) is 2.93.